The van der Waals surface area contributed by atoms with Gasteiger partial charge in [0.2, 0.25) is 0 Å². The van der Waals surface area contributed by atoms with Gasteiger partial charge in [-0.15, -0.1) is 0 Å². The first-order valence-electron chi connectivity index (χ1n) is 17.2. The molecule has 0 N–H and O–H groups in total. The average Bonchev–Trinajstić information content (AvgIpc) is 3.98. The van der Waals surface area contributed by atoms with Crippen molar-refractivity contribution < 1.29 is 13.3 Å². The Balaban J connectivity index is 1.24. The quantitative estimate of drug-likeness (QED) is 0.178. The molecule has 0 saturated carbocycles. The Morgan fingerprint density at radius 3 is 1.22 bits per heavy atom. The van der Waals surface area contributed by atoms with Crippen molar-refractivity contribution in [3.63, 3.8) is 0 Å². The van der Waals surface area contributed by atoms with E-state index in [1.165, 1.54) is 65.3 Å². The Kier molecular flexibility index (Phi) is 5.96. The first-order valence-corrected chi connectivity index (χ1v) is 17.2. The van der Waals surface area contributed by atoms with Gasteiger partial charge in [0, 0.05) is 33.0 Å². The van der Waals surface area contributed by atoms with Crippen LogP contribution in [0.3, 0.4) is 0 Å². The highest BCUT2D eigenvalue weighted by atomic mass is 16.3. The van der Waals surface area contributed by atoms with Crippen LogP contribution in [-0.4, -0.2) is 0 Å². The van der Waals surface area contributed by atoms with Gasteiger partial charge in [-0.05, 0) is 95.7 Å². The molecule has 0 aliphatic rings. The first-order chi connectivity index (χ1) is 25.3. The molecule has 11 rings (SSSR count). The predicted octanol–water partition coefficient (Wildman–Crippen LogP) is 14.1. The summed E-state index contributed by atoms with van der Waals surface area (Å²) >= 11 is 0. The van der Waals surface area contributed by atoms with E-state index in [1.807, 2.05) is 18.6 Å². The summed E-state index contributed by atoms with van der Waals surface area (Å²) in [6, 6.07) is 52.1. The molecule has 0 aliphatic heterocycles. The van der Waals surface area contributed by atoms with E-state index in [4.69, 9.17) is 13.3 Å². The molecule has 0 spiro atoms. The molecule has 3 aromatic heterocycles. The van der Waals surface area contributed by atoms with Gasteiger partial charge in [-0.2, -0.15) is 0 Å². The highest BCUT2D eigenvalue weighted by molar-refractivity contribution is 6.26. The van der Waals surface area contributed by atoms with Crippen molar-refractivity contribution in [1.82, 2.24) is 0 Å². The molecule has 0 atom stereocenters. The summed E-state index contributed by atoms with van der Waals surface area (Å²) in [7, 11) is 0. The smallest absolute Gasteiger partial charge is 0.136 e. The molecule has 3 heterocycles. The van der Waals surface area contributed by atoms with Gasteiger partial charge < -0.3 is 13.3 Å². The van der Waals surface area contributed by atoms with Gasteiger partial charge in [0.25, 0.3) is 0 Å². The van der Waals surface area contributed by atoms with Crippen LogP contribution in [0.5, 0.6) is 0 Å². The maximum absolute atomic E-state index is 6.63. The molecule has 238 valence electrons. The van der Waals surface area contributed by atoms with E-state index >= 15 is 0 Å². The van der Waals surface area contributed by atoms with Crippen LogP contribution in [-0.2, 0) is 0 Å². The van der Waals surface area contributed by atoms with Gasteiger partial charge in [0.1, 0.15) is 11.2 Å². The van der Waals surface area contributed by atoms with E-state index in [-0.39, 0.29) is 0 Å². The summed E-state index contributed by atoms with van der Waals surface area (Å²) in [6.07, 6.45) is 7.18. The van der Waals surface area contributed by atoms with Crippen LogP contribution in [0.4, 0.5) is 0 Å². The summed E-state index contributed by atoms with van der Waals surface area (Å²) < 4.78 is 17.8. The third kappa shape index (κ3) is 4.06. The van der Waals surface area contributed by atoms with Crippen LogP contribution in [0, 0.1) is 0 Å². The normalized spacial score (nSPS) is 11.9. The molecular formula is C48H28O3. The van der Waals surface area contributed by atoms with Gasteiger partial charge in [-0.25, -0.2) is 0 Å². The van der Waals surface area contributed by atoms with Gasteiger partial charge in [-0.3, -0.25) is 0 Å². The zero-order valence-corrected chi connectivity index (χ0v) is 27.4. The standard InChI is InChI=1S/C48H28O3/c1-3-12-34-32(10-1)44(33-11-2-4-13-35(33)45(34)30-22-24-49-27-30)29-20-21-42-41(26-29)48-40(18-9-19-43(48)51-42)47-38-16-7-5-14-36(38)46(31-23-25-50-28-31)37-15-6-8-17-39(37)47/h1-28H. The lowest BCUT2D eigenvalue weighted by atomic mass is 9.85. The zero-order valence-electron chi connectivity index (χ0n) is 27.4. The van der Waals surface area contributed by atoms with Crippen molar-refractivity contribution in [2.75, 3.05) is 0 Å². The van der Waals surface area contributed by atoms with Crippen LogP contribution in [0.1, 0.15) is 0 Å². The third-order valence-electron chi connectivity index (χ3n) is 10.5. The first kappa shape index (κ1) is 28.0. The SMILES string of the molecule is c1cc(-c2c3ccccc3c(-c3ccoc3)c3ccccc23)c2c(c1)oc1ccc(-c3c4ccccc4c(-c4ccoc4)c4ccccc34)cc12. The minimum atomic E-state index is 0.869. The molecular weight excluding hydrogens is 625 g/mol. The Morgan fingerprint density at radius 1 is 0.314 bits per heavy atom. The summed E-state index contributed by atoms with van der Waals surface area (Å²) in [5.41, 5.74) is 11.0. The Labute approximate surface area is 292 Å². The van der Waals surface area contributed by atoms with E-state index in [9.17, 15) is 0 Å². The van der Waals surface area contributed by atoms with Gasteiger partial charge in [-0.1, -0.05) is 115 Å². The highest BCUT2D eigenvalue weighted by Crippen LogP contribution is 2.49. The van der Waals surface area contributed by atoms with E-state index in [0.717, 1.165) is 44.2 Å². The summed E-state index contributed by atoms with van der Waals surface area (Å²) in [4.78, 5) is 0. The Morgan fingerprint density at radius 2 is 0.765 bits per heavy atom. The minimum Gasteiger partial charge on any atom is -0.472 e. The lowest BCUT2D eigenvalue weighted by Crippen LogP contribution is -1.91. The molecule has 3 heteroatoms. The molecule has 0 unspecified atom stereocenters. The van der Waals surface area contributed by atoms with Crippen molar-refractivity contribution in [3.05, 3.63) is 171 Å². The summed E-state index contributed by atoms with van der Waals surface area (Å²) in [5, 5.41) is 11.8. The zero-order chi connectivity index (χ0) is 33.5. The second-order valence-electron chi connectivity index (χ2n) is 13.2. The monoisotopic (exact) mass is 652 g/mol. The fraction of sp³-hybridized carbons (Fsp3) is 0. The second-order valence-corrected chi connectivity index (χ2v) is 13.2. The topological polar surface area (TPSA) is 39.4 Å². The summed E-state index contributed by atoms with van der Waals surface area (Å²) in [6.45, 7) is 0. The molecule has 3 nitrogen and oxygen atoms in total. The molecule has 0 fully saturated rings. The van der Waals surface area contributed by atoms with Gasteiger partial charge >= 0.3 is 0 Å². The highest BCUT2D eigenvalue weighted by Gasteiger charge is 2.22. The number of furan rings is 3. The molecule has 0 bridgehead atoms. The third-order valence-corrected chi connectivity index (χ3v) is 10.5. The Hall–Kier alpha value is -6.84. The fourth-order valence-electron chi connectivity index (χ4n) is 8.48. The number of benzene rings is 8. The van der Waals surface area contributed by atoms with Crippen LogP contribution in [0.2, 0.25) is 0 Å². The number of hydrogen-bond acceptors (Lipinski definition) is 3. The lowest BCUT2D eigenvalue weighted by molar-refractivity contribution is 0.568. The largest absolute Gasteiger partial charge is 0.472 e. The maximum atomic E-state index is 6.63. The number of rotatable bonds is 4. The van der Waals surface area contributed by atoms with Crippen LogP contribution in [0.15, 0.2) is 184 Å². The van der Waals surface area contributed by atoms with Crippen molar-refractivity contribution in [3.8, 4) is 44.5 Å². The van der Waals surface area contributed by atoms with Crippen molar-refractivity contribution >= 4 is 65.0 Å². The molecule has 0 amide bonds. The van der Waals surface area contributed by atoms with Crippen molar-refractivity contribution in [2.24, 2.45) is 0 Å². The maximum Gasteiger partial charge on any atom is 0.136 e. The lowest BCUT2D eigenvalue weighted by Gasteiger charge is -2.17. The Bertz CT molecular complexity index is 3010. The van der Waals surface area contributed by atoms with Crippen molar-refractivity contribution in [2.45, 2.75) is 0 Å². The molecule has 51 heavy (non-hydrogen) atoms. The predicted molar refractivity (Wildman–Crippen MR) is 210 cm³/mol. The van der Waals surface area contributed by atoms with Gasteiger partial charge in [0.15, 0.2) is 0 Å². The average molecular weight is 653 g/mol. The molecule has 0 saturated heterocycles. The van der Waals surface area contributed by atoms with E-state index in [0.29, 0.717) is 0 Å². The summed E-state index contributed by atoms with van der Waals surface area (Å²) in [5.74, 6) is 0. The number of hydrogen-bond donors (Lipinski definition) is 0. The molecule has 0 aliphatic carbocycles. The van der Waals surface area contributed by atoms with Crippen LogP contribution >= 0.6 is 0 Å². The van der Waals surface area contributed by atoms with E-state index < -0.39 is 0 Å². The van der Waals surface area contributed by atoms with E-state index in [1.54, 1.807) is 12.5 Å². The molecule has 8 aromatic carbocycles. The number of fused-ring (bicyclic) bond motifs is 7. The second kappa shape index (κ2) is 10.8. The van der Waals surface area contributed by atoms with Crippen LogP contribution in [0.25, 0.3) is 110 Å². The minimum absolute atomic E-state index is 0.869. The van der Waals surface area contributed by atoms with Gasteiger partial charge in [0.05, 0.1) is 25.1 Å². The molecule has 0 radical (unpaired) electrons. The fourth-order valence-corrected chi connectivity index (χ4v) is 8.48. The van der Waals surface area contributed by atoms with Crippen LogP contribution < -0.4 is 0 Å². The molecule has 11 aromatic rings. The van der Waals surface area contributed by atoms with E-state index in [2.05, 4.69) is 140 Å². The van der Waals surface area contributed by atoms with Crippen molar-refractivity contribution in [1.29, 1.82) is 0 Å².